The van der Waals surface area contributed by atoms with Crippen molar-refractivity contribution in [3.05, 3.63) is 64.0 Å². The Hall–Kier alpha value is -2.39. The number of nitrogens with zero attached hydrogens (tertiary/aromatic N) is 2. The molecule has 1 N–H and O–H groups in total. The zero-order valence-corrected chi connectivity index (χ0v) is 17.1. The summed E-state index contributed by atoms with van der Waals surface area (Å²) in [4.78, 5) is 2.34. The van der Waals surface area contributed by atoms with E-state index in [2.05, 4.69) is 56.0 Å². The molecule has 0 radical (unpaired) electrons. The molecule has 4 rings (SSSR count). The molecule has 4 heteroatoms. The fourth-order valence-electron chi connectivity index (χ4n) is 4.54. The zero-order valence-electron chi connectivity index (χ0n) is 16.4. The lowest BCUT2D eigenvalue weighted by Crippen LogP contribution is -2.29. The normalized spacial score (nSPS) is 13.4. The molecule has 0 amide bonds. The van der Waals surface area contributed by atoms with Crippen LogP contribution in [-0.4, -0.2) is 23.3 Å². The Morgan fingerprint density at radius 1 is 1.11 bits per heavy atom. The molecule has 140 valence electrons. The second-order valence-corrected chi connectivity index (χ2v) is 8.02. The van der Waals surface area contributed by atoms with Crippen LogP contribution >= 0.6 is 11.6 Å². The van der Waals surface area contributed by atoms with E-state index in [1.165, 1.54) is 39.0 Å². The molecule has 0 saturated carbocycles. The van der Waals surface area contributed by atoms with Gasteiger partial charge in [0.25, 0.3) is 0 Å². The van der Waals surface area contributed by atoms with Gasteiger partial charge in [0, 0.05) is 42.7 Å². The van der Waals surface area contributed by atoms with Gasteiger partial charge in [-0.2, -0.15) is 0 Å². The molecule has 27 heavy (non-hydrogen) atoms. The van der Waals surface area contributed by atoms with Crippen LogP contribution in [0.25, 0.3) is 22.0 Å². The van der Waals surface area contributed by atoms with Gasteiger partial charge in [-0.05, 0) is 60.7 Å². The van der Waals surface area contributed by atoms with Crippen molar-refractivity contribution in [3.63, 3.8) is 0 Å². The van der Waals surface area contributed by atoms with Crippen molar-refractivity contribution in [2.75, 3.05) is 18.5 Å². The number of aryl methyl sites for hydroxylation is 1. The van der Waals surface area contributed by atoms with Crippen LogP contribution in [0.2, 0.25) is 5.02 Å². The van der Waals surface area contributed by atoms with Crippen molar-refractivity contribution in [1.82, 2.24) is 4.57 Å². The van der Waals surface area contributed by atoms with Gasteiger partial charge in [0.1, 0.15) is 0 Å². The van der Waals surface area contributed by atoms with Gasteiger partial charge >= 0.3 is 0 Å². The van der Waals surface area contributed by atoms with E-state index in [9.17, 15) is 5.11 Å². The largest absolute Gasteiger partial charge is 0.513 e. The van der Waals surface area contributed by atoms with Crippen LogP contribution in [0.15, 0.2) is 36.6 Å². The molecule has 3 nitrogen and oxygen atoms in total. The maximum atomic E-state index is 10.1. The van der Waals surface area contributed by atoms with E-state index < -0.39 is 0 Å². The van der Waals surface area contributed by atoms with Gasteiger partial charge in [0.05, 0.1) is 17.0 Å². The molecule has 0 bridgehead atoms. The van der Waals surface area contributed by atoms with Crippen LogP contribution in [0.3, 0.4) is 0 Å². The Morgan fingerprint density at radius 3 is 2.41 bits per heavy atom. The number of aliphatic hydroxyl groups is 1. The van der Waals surface area contributed by atoms with E-state index in [-0.39, 0.29) is 5.76 Å². The van der Waals surface area contributed by atoms with Gasteiger partial charge in [-0.25, -0.2) is 0 Å². The Kier molecular flexibility index (Phi) is 4.23. The van der Waals surface area contributed by atoms with Crippen LogP contribution in [0, 0.1) is 20.8 Å². The van der Waals surface area contributed by atoms with Gasteiger partial charge in [0.2, 0.25) is 0 Å². The molecule has 2 heterocycles. The fourth-order valence-corrected chi connectivity index (χ4v) is 4.67. The second kappa shape index (κ2) is 6.35. The first kappa shape index (κ1) is 18.0. The smallest absolute Gasteiger partial charge is 0.0895 e. The summed E-state index contributed by atoms with van der Waals surface area (Å²) in [6.07, 6.45) is 0.449. The lowest BCUT2D eigenvalue weighted by atomic mass is 9.87. The summed E-state index contributed by atoms with van der Waals surface area (Å²) in [6, 6.07) is 8.00. The monoisotopic (exact) mass is 380 g/mol. The number of aromatic nitrogens is 1. The highest BCUT2D eigenvalue weighted by Gasteiger charge is 2.28. The number of aliphatic hydroxyl groups excluding tert-OH is 1. The summed E-state index contributed by atoms with van der Waals surface area (Å²) in [7, 11) is 2.16. The molecular formula is C23H25ClN2O. The molecule has 0 unspecified atom stereocenters. The minimum absolute atomic E-state index is 0.187. The van der Waals surface area contributed by atoms with Crippen molar-refractivity contribution in [3.8, 4) is 11.1 Å². The van der Waals surface area contributed by atoms with Crippen molar-refractivity contribution in [1.29, 1.82) is 0 Å². The third kappa shape index (κ3) is 2.64. The first-order valence-electron chi connectivity index (χ1n) is 9.30. The summed E-state index contributed by atoms with van der Waals surface area (Å²) in [6.45, 7) is 12.3. The lowest BCUT2D eigenvalue weighted by molar-refractivity contribution is 0.401. The summed E-state index contributed by atoms with van der Waals surface area (Å²) < 4.78 is 2.45. The number of likely N-dealkylation sites (N-methyl/N-ethyl adjacent to an activating group) is 1. The minimum atomic E-state index is 0.187. The SMILES string of the molecule is C=C(O)Cc1c(C)c2c3c(c(C)c(C)n3CCN2C)c1-c1ccc(Cl)cc1. The number of hydrogen-bond acceptors (Lipinski definition) is 2. The van der Waals surface area contributed by atoms with Gasteiger partial charge in [0.15, 0.2) is 0 Å². The highest BCUT2D eigenvalue weighted by Crippen LogP contribution is 2.46. The van der Waals surface area contributed by atoms with Crippen LogP contribution < -0.4 is 4.90 Å². The first-order valence-corrected chi connectivity index (χ1v) is 9.67. The van der Waals surface area contributed by atoms with E-state index in [4.69, 9.17) is 11.6 Å². The fraction of sp³-hybridized carbons (Fsp3) is 0.304. The predicted molar refractivity (Wildman–Crippen MR) is 115 cm³/mol. The lowest BCUT2D eigenvalue weighted by Gasteiger charge is -2.31. The highest BCUT2D eigenvalue weighted by molar-refractivity contribution is 6.30. The van der Waals surface area contributed by atoms with Crippen molar-refractivity contribution in [2.24, 2.45) is 0 Å². The number of allylic oxidation sites excluding steroid dienone is 1. The van der Waals surface area contributed by atoms with Gasteiger partial charge in [-0.1, -0.05) is 30.3 Å². The maximum Gasteiger partial charge on any atom is 0.0895 e. The van der Waals surface area contributed by atoms with Gasteiger partial charge < -0.3 is 14.6 Å². The van der Waals surface area contributed by atoms with Gasteiger partial charge in [-0.3, -0.25) is 0 Å². The summed E-state index contributed by atoms with van der Waals surface area (Å²) in [5, 5.41) is 12.1. The van der Waals surface area contributed by atoms with Crippen molar-refractivity contribution < 1.29 is 5.11 Å². The molecule has 0 aliphatic carbocycles. The summed E-state index contributed by atoms with van der Waals surface area (Å²) in [5.41, 5.74) is 9.84. The van der Waals surface area contributed by atoms with E-state index in [0.29, 0.717) is 6.42 Å². The quantitative estimate of drug-likeness (QED) is 0.568. The number of rotatable bonds is 3. The van der Waals surface area contributed by atoms with Crippen molar-refractivity contribution in [2.45, 2.75) is 33.7 Å². The molecule has 1 aromatic heterocycles. The second-order valence-electron chi connectivity index (χ2n) is 7.58. The number of hydrogen-bond donors (Lipinski definition) is 1. The molecule has 0 fully saturated rings. The molecule has 1 aliphatic heterocycles. The predicted octanol–water partition coefficient (Wildman–Crippen LogP) is 5.95. The first-order chi connectivity index (χ1) is 12.8. The molecule has 3 aromatic rings. The number of anilines is 1. The minimum Gasteiger partial charge on any atom is -0.513 e. The molecule has 1 aliphatic rings. The molecule has 2 aromatic carbocycles. The maximum absolute atomic E-state index is 10.1. The number of halogens is 1. The van der Waals surface area contributed by atoms with E-state index >= 15 is 0 Å². The Labute approximate surface area is 165 Å². The summed E-state index contributed by atoms with van der Waals surface area (Å²) in [5.74, 6) is 0.187. The molecule has 0 spiro atoms. The van der Waals surface area contributed by atoms with Crippen LogP contribution in [-0.2, 0) is 13.0 Å². The van der Waals surface area contributed by atoms with E-state index in [1.54, 1.807) is 0 Å². The number of benzene rings is 2. The van der Waals surface area contributed by atoms with E-state index in [1.807, 2.05) is 12.1 Å². The Bertz CT molecular complexity index is 1080. The Balaban J connectivity index is 2.21. The topological polar surface area (TPSA) is 28.4 Å². The molecule has 0 saturated heterocycles. The average Bonchev–Trinajstić information content (AvgIpc) is 2.86. The Morgan fingerprint density at radius 2 is 1.78 bits per heavy atom. The van der Waals surface area contributed by atoms with Crippen LogP contribution in [0.1, 0.15) is 22.4 Å². The van der Waals surface area contributed by atoms with E-state index in [0.717, 1.165) is 29.2 Å². The molecular weight excluding hydrogens is 356 g/mol. The third-order valence-corrected chi connectivity index (χ3v) is 6.22. The summed E-state index contributed by atoms with van der Waals surface area (Å²) >= 11 is 6.14. The zero-order chi connectivity index (χ0) is 19.5. The standard InChI is InChI=1S/C23H25ClN2O/c1-13(27)12-19-15(3)22-23-20(21(19)17-6-8-18(24)9-7-17)14(2)16(4)26(23)11-10-25(22)5/h6-9,27H,1,10-12H2,2-5H3. The van der Waals surface area contributed by atoms with Crippen molar-refractivity contribution >= 4 is 28.2 Å². The van der Waals surface area contributed by atoms with Gasteiger partial charge in [-0.15, -0.1) is 0 Å². The van der Waals surface area contributed by atoms with Crippen LogP contribution in [0.5, 0.6) is 0 Å². The van der Waals surface area contributed by atoms with Crippen LogP contribution in [0.4, 0.5) is 5.69 Å². The average molecular weight is 381 g/mol. The highest BCUT2D eigenvalue weighted by atomic mass is 35.5. The third-order valence-electron chi connectivity index (χ3n) is 5.97. The molecule has 0 atom stereocenters.